The Hall–Kier alpha value is -1.10. The number of piperidine rings is 1. The lowest BCUT2D eigenvalue weighted by Crippen LogP contribution is -2.56. The Balaban J connectivity index is 2.10. The van der Waals surface area contributed by atoms with Crippen molar-refractivity contribution in [2.45, 2.75) is 57.5 Å². The van der Waals surface area contributed by atoms with Gasteiger partial charge in [-0.25, -0.2) is 0 Å². The summed E-state index contributed by atoms with van der Waals surface area (Å²) in [6.07, 6.45) is 5.58. The summed E-state index contributed by atoms with van der Waals surface area (Å²) >= 11 is 0. The maximum absolute atomic E-state index is 12.7. The van der Waals surface area contributed by atoms with Crippen LogP contribution in [-0.2, 0) is 9.59 Å². The molecule has 1 aliphatic heterocycles. The Labute approximate surface area is 114 Å². The van der Waals surface area contributed by atoms with Gasteiger partial charge in [0.1, 0.15) is 6.04 Å². The summed E-state index contributed by atoms with van der Waals surface area (Å²) in [7, 11) is 0. The molecule has 4 N–H and O–H groups in total. The Bertz CT molecular complexity index is 359. The molecule has 0 aromatic heterocycles. The molecular weight excluding hydrogens is 242 g/mol. The van der Waals surface area contributed by atoms with Gasteiger partial charge in [0.15, 0.2) is 0 Å². The van der Waals surface area contributed by atoms with Crippen LogP contribution in [0.25, 0.3) is 0 Å². The lowest BCUT2D eigenvalue weighted by Gasteiger charge is -2.40. The van der Waals surface area contributed by atoms with Gasteiger partial charge in [-0.1, -0.05) is 13.3 Å². The fourth-order valence-corrected chi connectivity index (χ4v) is 3.43. The minimum absolute atomic E-state index is 0.0440. The molecule has 0 bridgehead atoms. The Morgan fingerprint density at radius 1 is 1.11 bits per heavy atom. The van der Waals surface area contributed by atoms with Gasteiger partial charge in [-0.05, 0) is 38.0 Å². The maximum atomic E-state index is 12.7. The summed E-state index contributed by atoms with van der Waals surface area (Å²) < 4.78 is 0. The number of carbonyl (C=O) groups is 2. The van der Waals surface area contributed by atoms with Crippen LogP contribution in [0.1, 0.15) is 45.4 Å². The lowest BCUT2D eigenvalue weighted by molar-refractivity contribution is -0.146. The summed E-state index contributed by atoms with van der Waals surface area (Å²) in [5, 5.41) is 0. The van der Waals surface area contributed by atoms with Crippen molar-refractivity contribution in [1.29, 1.82) is 0 Å². The molecule has 1 saturated carbocycles. The van der Waals surface area contributed by atoms with Gasteiger partial charge in [0.2, 0.25) is 11.8 Å². The third kappa shape index (κ3) is 2.91. The van der Waals surface area contributed by atoms with E-state index < -0.39 is 6.04 Å². The van der Waals surface area contributed by atoms with Gasteiger partial charge in [0.25, 0.3) is 0 Å². The Kier molecular flexibility index (Phi) is 4.45. The van der Waals surface area contributed by atoms with Crippen LogP contribution in [0.3, 0.4) is 0 Å². The quantitative estimate of drug-likeness (QED) is 0.768. The molecule has 19 heavy (non-hydrogen) atoms. The molecule has 1 aliphatic carbocycles. The standard InChI is InChI=1S/C14H25N3O2/c1-9-5-4-6-10(12(9)15)14(19)17-8-3-2-7-11(17)13(16)18/h9-12H,2-8,15H2,1H3,(H2,16,18). The molecule has 2 rings (SSSR count). The number of rotatable bonds is 2. The fraction of sp³-hybridized carbons (Fsp3) is 0.857. The van der Waals surface area contributed by atoms with Crippen LogP contribution >= 0.6 is 0 Å². The molecule has 1 heterocycles. The molecule has 4 atom stereocenters. The van der Waals surface area contributed by atoms with Crippen molar-refractivity contribution >= 4 is 11.8 Å². The highest BCUT2D eigenvalue weighted by Gasteiger charge is 2.39. The first kappa shape index (κ1) is 14.3. The molecule has 0 radical (unpaired) electrons. The van der Waals surface area contributed by atoms with E-state index in [1.807, 2.05) is 0 Å². The van der Waals surface area contributed by atoms with E-state index >= 15 is 0 Å². The molecule has 4 unspecified atom stereocenters. The smallest absolute Gasteiger partial charge is 0.240 e. The van der Waals surface area contributed by atoms with Crippen LogP contribution in [0, 0.1) is 11.8 Å². The van der Waals surface area contributed by atoms with Gasteiger partial charge < -0.3 is 16.4 Å². The first-order valence-electron chi connectivity index (χ1n) is 7.37. The van der Waals surface area contributed by atoms with Crippen LogP contribution in [0.15, 0.2) is 0 Å². The Morgan fingerprint density at radius 3 is 2.53 bits per heavy atom. The second kappa shape index (κ2) is 5.90. The monoisotopic (exact) mass is 267 g/mol. The predicted molar refractivity (Wildman–Crippen MR) is 73.0 cm³/mol. The van der Waals surface area contributed by atoms with Crippen LogP contribution < -0.4 is 11.5 Å². The average Bonchev–Trinajstić information content (AvgIpc) is 2.41. The number of hydrogen-bond acceptors (Lipinski definition) is 3. The molecular formula is C14H25N3O2. The number of likely N-dealkylation sites (tertiary alicyclic amines) is 1. The van der Waals surface area contributed by atoms with Gasteiger partial charge in [0, 0.05) is 12.6 Å². The zero-order valence-corrected chi connectivity index (χ0v) is 11.7. The molecule has 5 nitrogen and oxygen atoms in total. The summed E-state index contributed by atoms with van der Waals surface area (Å²) in [6.45, 7) is 2.75. The second-order valence-electron chi connectivity index (χ2n) is 6.04. The van der Waals surface area contributed by atoms with Crippen molar-refractivity contribution in [2.24, 2.45) is 23.3 Å². The third-order valence-electron chi connectivity index (χ3n) is 4.73. The van der Waals surface area contributed by atoms with Gasteiger partial charge in [0.05, 0.1) is 5.92 Å². The molecule has 5 heteroatoms. The number of amides is 2. The number of nitrogens with two attached hydrogens (primary N) is 2. The van der Waals surface area contributed by atoms with Crippen molar-refractivity contribution in [1.82, 2.24) is 4.90 Å². The van der Waals surface area contributed by atoms with Crippen molar-refractivity contribution in [2.75, 3.05) is 6.54 Å². The number of hydrogen-bond donors (Lipinski definition) is 2. The van der Waals surface area contributed by atoms with Crippen molar-refractivity contribution < 1.29 is 9.59 Å². The molecule has 2 fully saturated rings. The molecule has 2 amide bonds. The van der Waals surface area contributed by atoms with E-state index in [-0.39, 0.29) is 23.8 Å². The van der Waals surface area contributed by atoms with Gasteiger partial charge in [-0.15, -0.1) is 0 Å². The minimum Gasteiger partial charge on any atom is -0.368 e. The summed E-state index contributed by atoms with van der Waals surface area (Å²) in [5.74, 6) is -0.101. The SMILES string of the molecule is CC1CCCC(C(=O)N2CCCCC2C(N)=O)C1N. The Morgan fingerprint density at radius 2 is 1.84 bits per heavy atom. The third-order valence-corrected chi connectivity index (χ3v) is 4.73. The largest absolute Gasteiger partial charge is 0.368 e. The number of carbonyl (C=O) groups excluding carboxylic acids is 2. The van der Waals surface area contributed by atoms with E-state index in [1.165, 1.54) is 0 Å². The van der Waals surface area contributed by atoms with Crippen molar-refractivity contribution in [3.8, 4) is 0 Å². The van der Waals surface area contributed by atoms with Gasteiger partial charge in [-0.3, -0.25) is 9.59 Å². The molecule has 1 saturated heterocycles. The number of nitrogens with zero attached hydrogens (tertiary/aromatic N) is 1. The summed E-state index contributed by atoms with van der Waals surface area (Å²) in [4.78, 5) is 25.8. The van der Waals surface area contributed by atoms with Crippen LogP contribution in [0.4, 0.5) is 0 Å². The zero-order valence-electron chi connectivity index (χ0n) is 11.7. The zero-order chi connectivity index (χ0) is 14.0. The van der Waals surface area contributed by atoms with E-state index in [0.717, 1.165) is 32.1 Å². The molecule has 108 valence electrons. The van der Waals surface area contributed by atoms with E-state index in [1.54, 1.807) is 4.90 Å². The molecule has 0 aromatic carbocycles. The van der Waals surface area contributed by atoms with Gasteiger partial charge >= 0.3 is 0 Å². The van der Waals surface area contributed by atoms with Crippen LogP contribution in [-0.4, -0.2) is 35.3 Å². The van der Waals surface area contributed by atoms with Crippen molar-refractivity contribution in [3.05, 3.63) is 0 Å². The maximum Gasteiger partial charge on any atom is 0.240 e. The normalized spacial score (nSPS) is 36.0. The van der Waals surface area contributed by atoms with Crippen molar-refractivity contribution in [3.63, 3.8) is 0 Å². The highest BCUT2D eigenvalue weighted by Crippen LogP contribution is 2.31. The summed E-state index contributed by atoms with van der Waals surface area (Å²) in [6, 6.07) is -0.512. The van der Waals surface area contributed by atoms with E-state index in [0.29, 0.717) is 18.9 Å². The summed E-state index contributed by atoms with van der Waals surface area (Å²) in [5.41, 5.74) is 11.6. The van der Waals surface area contributed by atoms with Gasteiger partial charge in [-0.2, -0.15) is 0 Å². The van der Waals surface area contributed by atoms with E-state index in [4.69, 9.17) is 11.5 Å². The van der Waals surface area contributed by atoms with E-state index in [2.05, 4.69) is 6.92 Å². The average molecular weight is 267 g/mol. The molecule has 0 spiro atoms. The second-order valence-corrected chi connectivity index (χ2v) is 6.04. The predicted octanol–water partition coefficient (Wildman–Crippen LogP) is 0.616. The highest BCUT2D eigenvalue weighted by molar-refractivity contribution is 5.88. The highest BCUT2D eigenvalue weighted by atomic mass is 16.2. The number of primary amides is 1. The first-order valence-corrected chi connectivity index (χ1v) is 7.37. The topological polar surface area (TPSA) is 89.4 Å². The first-order chi connectivity index (χ1) is 9.02. The lowest BCUT2D eigenvalue weighted by atomic mass is 9.77. The van der Waals surface area contributed by atoms with Crippen LogP contribution in [0.2, 0.25) is 0 Å². The molecule has 2 aliphatic rings. The molecule has 0 aromatic rings. The fourth-order valence-electron chi connectivity index (χ4n) is 3.43. The minimum atomic E-state index is -0.425. The van der Waals surface area contributed by atoms with E-state index in [9.17, 15) is 9.59 Å². The van der Waals surface area contributed by atoms with Crippen LogP contribution in [0.5, 0.6) is 0 Å².